The maximum atomic E-state index is 4.56. The summed E-state index contributed by atoms with van der Waals surface area (Å²) < 4.78 is 3.55. The van der Waals surface area contributed by atoms with Crippen molar-refractivity contribution in [3.63, 3.8) is 0 Å². The van der Waals surface area contributed by atoms with E-state index in [1.54, 1.807) is 11.3 Å². The Morgan fingerprint density at radius 3 is 3.00 bits per heavy atom. The van der Waals surface area contributed by atoms with E-state index in [1.165, 1.54) is 21.1 Å². The van der Waals surface area contributed by atoms with Crippen molar-refractivity contribution in [2.45, 2.75) is 9.37 Å². The Bertz CT molecular complexity index is 835. The highest BCUT2D eigenvalue weighted by molar-refractivity contribution is 8.01. The average Bonchev–Trinajstić information content (AvgIpc) is 3.03. The highest BCUT2D eigenvalue weighted by atomic mass is 32.2. The van der Waals surface area contributed by atoms with E-state index in [1.807, 2.05) is 30.3 Å². The normalized spacial score (nSPS) is 11.4. The van der Waals surface area contributed by atoms with Crippen LogP contribution in [0.1, 0.15) is 0 Å². The largest absolute Gasteiger partial charge is 0.229 e. The van der Waals surface area contributed by atoms with Crippen LogP contribution < -0.4 is 0 Å². The van der Waals surface area contributed by atoms with E-state index in [9.17, 15) is 0 Å². The first kappa shape index (κ1) is 10.8. The molecule has 0 saturated heterocycles. The van der Waals surface area contributed by atoms with Gasteiger partial charge in [0.25, 0.3) is 0 Å². The van der Waals surface area contributed by atoms with Gasteiger partial charge in [-0.3, -0.25) is 0 Å². The molecule has 8 heteroatoms. The summed E-state index contributed by atoms with van der Waals surface area (Å²) in [4.78, 5) is 4.56. The molecular weight excluding hydrogens is 280 g/mol. The Kier molecular flexibility index (Phi) is 2.42. The van der Waals surface area contributed by atoms with E-state index in [0.29, 0.717) is 5.65 Å². The number of para-hydroxylation sites is 1. The van der Waals surface area contributed by atoms with Crippen LogP contribution in [0, 0.1) is 0 Å². The van der Waals surface area contributed by atoms with Crippen molar-refractivity contribution < 1.29 is 0 Å². The van der Waals surface area contributed by atoms with Crippen molar-refractivity contribution in [1.29, 1.82) is 0 Å². The number of hydrogen-bond donors (Lipinski definition) is 0. The number of hydrogen-bond acceptors (Lipinski definition) is 7. The third-order valence-corrected chi connectivity index (χ3v) is 4.54. The number of nitrogens with zero attached hydrogens (tertiary/aromatic N) is 6. The van der Waals surface area contributed by atoms with E-state index >= 15 is 0 Å². The van der Waals surface area contributed by atoms with Gasteiger partial charge in [0.15, 0.2) is 9.99 Å². The minimum absolute atomic E-state index is 0.633. The zero-order chi connectivity index (χ0) is 12.7. The van der Waals surface area contributed by atoms with E-state index in [-0.39, 0.29) is 0 Å². The van der Waals surface area contributed by atoms with Crippen LogP contribution in [0.15, 0.2) is 45.8 Å². The Labute approximate surface area is 115 Å². The van der Waals surface area contributed by atoms with Crippen LogP contribution in [0.2, 0.25) is 0 Å². The van der Waals surface area contributed by atoms with Gasteiger partial charge in [0.2, 0.25) is 0 Å². The van der Waals surface area contributed by atoms with E-state index in [0.717, 1.165) is 14.9 Å². The van der Waals surface area contributed by atoms with Gasteiger partial charge in [-0.2, -0.15) is 0 Å². The molecule has 0 fully saturated rings. The van der Waals surface area contributed by atoms with Crippen molar-refractivity contribution in [1.82, 2.24) is 30.2 Å². The van der Waals surface area contributed by atoms with Gasteiger partial charge in [0.05, 0.1) is 10.2 Å². The highest BCUT2D eigenvalue weighted by Crippen LogP contribution is 2.33. The lowest BCUT2D eigenvalue weighted by atomic mass is 10.3. The number of thiazole rings is 1. The summed E-state index contributed by atoms with van der Waals surface area (Å²) in [6.45, 7) is 0. The van der Waals surface area contributed by atoms with Gasteiger partial charge in [-0.15, -0.1) is 26.2 Å². The van der Waals surface area contributed by atoms with Gasteiger partial charge >= 0.3 is 0 Å². The summed E-state index contributed by atoms with van der Waals surface area (Å²) in [5.74, 6) is 0. The molecule has 0 unspecified atom stereocenters. The van der Waals surface area contributed by atoms with Crippen molar-refractivity contribution in [3.8, 4) is 0 Å². The zero-order valence-electron chi connectivity index (χ0n) is 9.46. The monoisotopic (exact) mass is 286 g/mol. The number of benzene rings is 1. The Hall–Kier alpha value is -2.06. The first-order valence-electron chi connectivity index (χ1n) is 5.47. The average molecular weight is 286 g/mol. The zero-order valence-corrected chi connectivity index (χ0v) is 11.1. The Morgan fingerprint density at radius 2 is 2.05 bits per heavy atom. The van der Waals surface area contributed by atoms with Crippen LogP contribution in [0.4, 0.5) is 0 Å². The van der Waals surface area contributed by atoms with Gasteiger partial charge < -0.3 is 0 Å². The van der Waals surface area contributed by atoms with E-state index in [4.69, 9.17) is 0 Å². The Morgan fingerprint density at radius 1 is 1.11 bits per heavy atom. The summed E-state index contributed by atoms with van der Waals surface area (Å²) in [5, 5.41) is 16.3. The summed E-state index contributed by atoms with van der Waals surface area (Å²) in [5.41, 5.74) is 1.65. The van der Waals surface area contributed by atoms with Crippen LogP contribution in [0.3, 0.4) is 0 Å². The first-order chi connectivity index (χ1) is 9.38. The summed E-state index contributed by atoms with van der Waals surface area (Å²) >= 11 is 3.16. The second-order valence-electron chi connectivity index (χ2n) is 3.75. The van der Waals surface area contributed by atoms with E-state index < -0.39 is 0 Å². The van der Waals surface area contributed by atoms with Crippen molar-refractivity contribution >= 4 is 39.0 Å². The third kappa shape index (κ3) is 1.94. The molecular formula is C11H6N6S2. The molecule has 19 heavy (non-hydrogen) atoms. The fourth-order valence-corrected chi connectivity index (χ4v) is 3.64. The number of fused-ring (bicyclic) bond motifs is 2. The van der Waals surface area contributed by atoms with Crippen molar-refractivity contribution in [3.05, 3.63) is 36.4 Å². The molecule has 0 aliphatic carbocycles. The van der Waals surface area contributed by atoms with Crippen molar-refractivity contribution in [2.75, 3.05) is 0 Å². The summed E-state index contributed by atoms with van der Waals surface area (Å²) in [7, 11) is 0. The molecule has 0 radical (unpaired) electrons. The summed E-state index contributed by atoms with van der Waals surface area (Å²) in [6, 6.07) is 11.8. The minimum Gasteiger partial charge on any atom is -0.229 e. The van der Waals surface area contributed by atoms with Gasteiger partial charge in [-0.05, 0) is 46.5 Å². The van der Waals surface area contributed by atoms with Gasteiger partial charge in [-0.25, -0.2) is 4.98 Å². The molecule has 4 aromatic rings. The molecule has 0 aliphatic heterocycles. The smallest absolute Gasteiger partial charge is 0.200 e. The van der Waals surface area contributed by atoms with E-state index in [2.05, 4.69) is 31.7 Å². The van der Waals surface area contributed by atoms with Crippen LogP contribution >= 0.6 is 23.1 Å². The molecule has 0 aliphatic rings. The fraction of sp³-hybridized carbons (Fsp3) is 0. The standard InChI is InChI=1S/C11H6N6S2/c1-2-4-8-7(3-1)12-11(18-8)19-10-6-5-9-13-15-16-17(9)14-10/h1-6H. The molecule has 0 saturated carbocycles. The topological polar surface area (TPSA) is 68.9 Å². The molecule has 0 N–H and O–H groups in total. The quantitative estimate of drug-likeness (QED) is 0.563. The number of tetrazole rings is 1. The van der Waals surface area contributed by atoms with Crippen molar-refractivity contribution in [2.24, 2.45) is 0 Å². The first-order valence-corrected chi connectivity index (χ1v) is 7.11. The maximum absolute atomic E-state index is 4.56. The lowest BCUT2D eigenvalue weighted by Gasteiger charge is -1.95. The lowest BCUT2D eigenvalue weighted by Crippen LogP contribution is -1.94. The predicted molar refractivity (Wildman–Crippen MR) is 72.3 cm³/mol. The fourth-order valence-electron chi connectivity index (χ4n) is 1.67. The van der Waals surface area contributed by atoms with Crippen LogP contribution in [-0.4, -0.2) is 30.2 Å². The van der Waals surface area contributed by atoms with Crippen LogP contribution in [0.25, 0.3) is 15.9 Å². The molecule has 6 nitrogen and oxygen atoms in total. The van der Waals surface area contributed by atoms with Crippen LogP contribution in [-0.2, 0) is 0 Å². The molecule has 0 atom stereocenters. The number of aromatic nitrogens is 6. The second kappa shape index (κ2) is 4.25. The lowest BCUT2D eigenvalue weighted by molar-refractivity contribution is 0.702. The molecule has 3 heterocycles. The highest BCUT2D eigenvalue weighted by Gasteiger charge is 2.07. The molecule has 1 aromatic carbocycles. The maximum Gasteiger partial charge on any atom is 0.200 e. The number of rotatable bonds is 2. The SMILES string of the molecule is c1ccc2sc(Sc3ccc4nnnn4n3)nc2c1. The van der Waals surface area contributed by atoms with Gasteiger partial charge in [0.1, 0.15) is 5.03 Å². The predicted octanol–water partition coefficient (Wildman–Crippen LogP) is 2.28. The molecule has 0 amide bonds. The van der Waals surface area contributed by atoms with Gasteiger partial charge in [-0.1, -0.05) is 12.1 Å². The molecule has 92 valence electrons. The molecule has 4 rings (SSSR count). The minimum atomic E-state index is 0.633. The third-order valence-electron chi connectivity index (χ3n) is 2.51. The van der Waals surface area contributed by atoms with Crippen LogP contribution in [0.5, 0.6) is 0 Å². The van der Waals surface area contributed by atoms with Gasteiger partial charge in [0, 0.05) is 0 Å². The Balaban J connectivity index is 1.72. The second-order valence-corrected chi connectivity index (χ2v) is 6.05. The molecule has 0 spiro atoms. The molecule has 3 aromatic heterocycles. The molecule has 0 bridgehead atoms. The summed E-state index contributed by atoms with van der Waals surface area (Å²) in [6.07, 6.45) is 0.